The van der Waals surface area contributed by atoms with Crippen molar-refractivity contribution in [1.29, 1.82) is 0 Å². The molecule has 0 aromatic heterocycles. The number of alkyl halides is 2. The molecule has 0 aliphatic heterocycles. The lowest BCUT2D eigenvalue weighted by atomic mass is 9.94. The molecule has 0 aliphatic carbocycles. The second kappa shape index (κ2) is 21.9. The van der Waals surface area contributed by atoms with Gasteiger partial charge < -0.3 is 40.9 Å². The van der Waals surface area contributed by atoms with E-state index in [1.807, 2.05) is 0 Å². The second-order valence-corrected chi connectivity index (χ2v) is 11.1. The fourth-order valence-electron chi connectivity index (χ4n) is 2.06. The zero-order chi connectivity index (χ0) is 34.7. The van der Waals surface area contributed by atoms with E-state index in [1.54, 1.807) is 24.3 Å². The normalized spacial score (nSPS) is 12.5. The zero-order valence-electron chi connectivity index (χ0n) is 22.3. The van der Waals surface area contributed by atoms with Crippen LogP contribution in [-0.4, -0.2) is 97.8 Å². The number of benzene rings is 1. The molecule has 0 fully saturated rings. The third-order valence-electron chi connectivity index (χ3n) is 4.62. The van der Waals surface area contributed by atoms with Gasteiger partial charge in [0.05, 0.1) is 18.8 Å². The molecule has 3 atom stereocenters. The van der Waals surface area contributed by atoms with Gasteiger partial charge in [0.15, 0.2) is 5.92 Å². The van der Waals surface area contributed by atoms with Crippen LogP contribution in [0.15, 0.2) is 24.3 Å². The van der Waals surface area contributed by atoms with E-state index in [2.05, 4.69) is 31.9 Å². The minimum absolute atomic E-state index is 0.0757. The summed E-state index contributed by atoms with van der Waals surface area (Å²) in [5.74, 6) is -11.3. The lowest BCUT2D eigenvalue weighted by Crippen LogP contribution is -2.42. The van der Waals surface area contributed by atoms with Crippen molar-refractivity contribution in [1.82, 2.24) is 0 Å². The number of aliphatic carboxylic acids is 8. The first-order chi connectivity index (χ1) is 19.5. The maximum absolute atomic E-state index is 11.0. The largest absolute Gasteiger partial charge is 0.481 e. The molecule has 3 unspecified atom stereocenters. The van der Waals surface area contributed by atoms with E-state index >= 15 is 0 Å². The fourth-order valence-corrected chi connectivity index (χ4v) is 2.57. The molecule has 43 heavy (non-hydrogen) atoms. The van der Waals surface area contributed by atoms with Gasteiger partial charge in [-0.05, 0) is 38.0 Å². The van der Waals surface area contributed by atoms with Gasteiger partial charge in [0, 0.05) is 11.4 Å². The van der Waals surface area contributed by atoms with Gasteiger partial charge in [-0.25, -0.2) is 0 Å². The maximum atomic E-state index is 11.0. The van der Waals surface area contributed by atoms with E-state index in [4.69, 9.17) is 52.5 Å². The quantitative estimate of drug-likeness (QED) is 0.106. The van der Waals surface area contributed by atoms with E-state index in [9.17, 15) is 38.4 Å². The number of hydrogen-bond donors (Lipinski definition) is 8. The van der Waals surface area contributed by atoms with Crippen molar-refractivity contribution in [3.63, 3.8) is 0 Å². The minimum Gasteiger partial charge on any atom is -0.481 e. The average Bonchev–Trinajstić information content (AvgIpc) is 2.88. The summed E-state index contributed by atoms with van der Waals surface area (Å²) >= 11 is 11.2. The van der Waals surface area contributed by atoms with Crippen molar-refractivity contribution >= 4 is 91.2 Å². The van der Waals surface area contributed by atoms with Crippen LogP contribution in [0.4, 0.5) is 0 Å². The van der Waals surface area contributed by atoms with Gasteiger partial charge >= 0.3 is 47.8 Å². The van der Waals surface area contributed by atoms with Crippen molar-refractivity contribution < 1.29 is 79.2 Å². The molecular weight excluding hydrogens is 740 g/mol. The highest BCUT2D eigenvalue weighted by atomic mass is 79.9. The number of rotatable bonds is 13. The van der Waals surface area contributed by atoms with Gasteiger partial charge in [-0.3, -0.25) is 38.4 Å². The molecule has 0 aliphatic rings. The summed E-state index contributed by atoms with van der Waals surface area (Å²) in [7, 11) is 0. The lowest BCUT2D eigenvalue weighted by Gasteiger charge is -2.19. The third kappa shape index (κ3) is 21.6. The second-order valence-electron chi connectivity index (χ2n) is 8.14. The van der Waals surface area contributed by atoms with Gasteiger partial charge in [0.1, 0.15) is 9.15 Å². The SMILES string of the molecule is CC(Br)(C(=O)O)C(Br)C(=O)O.CC(C(=O)O)C(=O)O.O=C(O)CCC(=O)O.O=C(O)CCC(C(=O)O)c1ccc(Cl)cc1. The molecule has 242 valence electrons. The standard InChI is InChI=1S/C11H11ClO4.C5H6Br2O4.2C4H6O4/c12-8-3-1-7(2-4-8)9(11(15)16)5-6-10(13)14;1-5(7,4(10)11)2(6)3(8)9;1-2(3(5)6)4(7)8;5-3(6)1-2-4(7)8/h1-4,9H,5-6H2,(H,13,14)(H,15,16);2H,1H3,(H,8,9)(H,10,11);2H,1H3,(H,5,6)(H,7,8);1-2H2,(H,5,6)(H,7,8). The van der Waals surface area contributed by atoms with Gasteiger partial charge in [0.25, 0.3) is 0 Å². The minimum atomic E-state index is -1.47. The molecule has 19 heteroatoms. The summed E-state index contributed by atoms with van der Waals surface area (Å²) in [6.07, 6.45) is -0.684. The Kier molecular flexibility index (Phi) is 22.2. The number of carbonyl (C=O) groups is 8. The number of carboxylic acids is 8. The maximum Gasteiger partial charge on any atom is 0.321 e. The Bertz CT molecular complexity index is 1110. The lowest BCUT2D eigenvalue weighted by molar-refractivity contribution is -0.154. The van der Waals surface area contributed by atoms with Gasteiger partial charge in [0.2, 0.25) is 0 Å². The highest BCUT2D eigenvalue weighted by Crippen LogP contribution is 2.28. The number of halogens is 3. The highest BCUT2D eigenvalue weighted by molar-refractivity contribution is 9.13. The molecule has 0 spiro atoms. The number of hydrogen-bond acceptors (Lipinski definition) is 8. The van der Waals surface area contributed by atoms with E-state index in [0.29, 0.717) is 10.6 Å². The zero-order valence-corrected chi connectivity index (χ0v) is 26.3. The third-order valence-corrected chi connectivity index (χ3v) is 7.59. The molecule has 16 nitrogen and oxygen atoms in total. The molecule has 1 aromatic carbocycles. The molecule has 0 radical (unpaired) electrons. The van der Waals surface area contributed by atoms with Crippen LogP contribution < -0.4 is 0 Å². The van der Waals surface area contributed by atoms with Crippen molar-refractivity contribution in [2.45, 2.75) is 54.6 Å². The summed E-state index contributed by atoms with van der Waals surface area (Å²) in [6, 6.07) is 6.38. The Labute approximate surface area is 265 Å². The van der Waals surface area contributed by atoms with E-state index in [0.717, 1.165) is 6.92 Å². The van der Waals surface area contributed by atoms with Gasteiger partial charge in [-0.15, -0.1) is 0 Å². The molecule has 1 rings (SSSR count). The van der Waals surface area contributed by atoms with Crippen molar-refractivity contribution in [3.05, 3.63) is 34.9 Å². The van der Waals surface area contributed by atoms with Crippen molar-refractivity contribution in [3.8, 4) is 0 Å². The van der Waals surface area contributed by atoms with Crippen LogP contribution in [0.1, 0.15) is 51.0 Å². The Hall–Kier alpha value is -3.77. The first-order valence-corrected chi connectivity index (χ1v) is 13.5. The molecular formula is C24H29Br2ClO16. The Morgan fingerprint density at radius 2 is 1.07 bits per heavy atom. The van der Waals surface area contributed by atoms with E-state index in [-0.39, 0.29) is 25.7 Å². The molecule has 8 N–H and O–H groups in total. The van der Waals surface area contributed by atoms with Crippen LogP contribution in [0.2, 0.25) is 5.02 Å². The highest BCUT2D eigenvalue weighted by Gasteiger charge is 2.42. The summed E-state index contributed by atoms with van der Waals surface area (Å²) in [5, 5.41) is 66.7. The molecule has 0 heterocycles. The molecule has 1 aromatic rings. The van der Waals surface area contributed by atoms with Crippen LogP contribution in [0.3, 0.4) is 0 Å². The molecule has 0 amide bonds. The topological polar surface area (TPSA) is 298 Å². The predicted molar refractivity (Wildman–Crippen MR) is 153 cm³/mol. The van der Waals surface area contributed by atoms with Crippen LogP contribution in [0, 0.1) is 5.92 Å². The summed E-state index contributed by atoms with van der Waals surface area (Å²) < 4.78 is -1.47. The Balaban J connectivity index is -0.000000522. The van der Waals surface area contributed by atoms with E-state index < -0.39 is 68.7 Å². The van der Waals surface area contributed by atoms with Crippen LogP contribution in [-0.2, 0) is 38.4 Å². The Morgan fingerprint density at radius 3 is 1.28 bits per heavy atom. The van der Waals surface area contributed by atoms with E-state index in [1.165, 1.54) is 6.92 Å². The Morgan fingerprint density at radius 1 is 0.698 bits per heavy atom. The first kappa shape index (κ1) is 43.7. The summed E-state index contributed by atoms with van der Waals surface area (Å²) in [6.45, 7) is 2.38. The van der Waals surface area contributed by atoms with Crippen molar-refractivity contribution in [2.24, 2.45) is 5.92 Å². The van der Waals surface area contributed by atoms with Crippen LogP contribution in [0.5, 0.6) is 0 Å². The molecule has 0 bridgehead atoms. The molecule has 0 saturated heterocycles. The fraction of sp³-hybridized carbons (Fsp3) is 0.417. The monoisotopic (exact) mass is 766 g/mol. The smallest absolute Gasteiger partial charge is 0.321 e. The molecule has 0 saturated carbocycles. The first-order valence-electron chi connectivity index (χ1n) is 11.4. The average molecular weight is 769 g/mol. The summed E-state index contributed by atoms with van der Waals surface area (Å²) in [4.78, 5) is 79.8. The predicted octanol–water partition coefficient (Wildman–Crippen LogP) is 3.17. The van der Waals surface area contributed by atoms with Gasteiger partial charge in [-0.1, -0.05) is 55.6 Å². The summed E-state index contributed by atoms with van der Waals surface area (Å²) in [5.41, 5.74) is 0.568. The van der Waals surface area contributed by atoms with Gasteiger partial charge in [-0.2, -0.15) is 0 Å². The van der Waals surface area contributed by atoms with Crippen LogP contribution in [0.25, 0.3) is 0 Å². The van der Waals surface area contributed by atoms with Crippen molar-refractivity contribution in [2.75, 3.05) is 0 Å². The number of carboxylic acid groups (broad SMARTS) is 8. The van der Waals surface area contributed by atoms with Crippen LogP contribution >= 0.6 is 43.5 Å².